The normalized spacial score (nSPS) is 38.3. The molecule has 20 heavy (non-hydrogen) atoms. The maximum Gasteiger partial charge on any atom is 0.271 e. The lowest BCUT2D eigenvalue weighted by atomic mass is 9.49. The molecule has 5 heteroatoms. The van der Waals surface area contributed by atoms with E-state index in [-0.39, 0.29) is 5.69 Å². The van der Waals surface area contributed by atoms with Crippen molar-refractivity contribution in [1.82, 2.24) is 9.55 Å². The predicted molar refractivity (Wildman–Crippen MR) is 75.8 cm³/mol. The van der Waals surface area contributed by atoms with Crippen LogP contribution in [0, 0.1) is 23.2 Å². The summed E-state index contributed by atoms with van der Waals surface area (Å²) in [7, 11) is 0. The van der Waals surface area contributed by atoms with Crippen LogP contribution in [0.4, 0.5) is 5.82 Å². The SMILES string of the molecule is NC(=O)c1ncn(CC23CC4CC(CC(C4)C2)C3)c1N. The Bertz CT molecular complexity index is 527. The highest BCUT2D eigenvalue weighted by Gasteiger charge is 2.51. The van der Waals surface area contributed by atoms with Gasteiger partial charge in [0, 0.05) is 6.54 Å². The molecular formula is C15H22N4O. The number of carbonyl (C=O) groups excluding carboxylic acids is 1. The van der Waals surface area contributed by atoms with Crippen LogP contribution in [0.2, 0.25) is 0 Å². The number of hydrogen-bond acceptors (Lipinski definition) is 3. The van der Waals surface area contributed by atoms with Crippen LogP contribution in [0.1, 0.15) is 49.0 Å². The fourth-order valence-corrected chi connectivity index (χ4v) is 5.55. The van der Waals surface area contributed by atoms with Crippen molar-refractivity contribution in [1.29, 1.82) is 0 Å². The average Bonchev–Trinajstić information content (AvgIpc) is 2.68. The van der Waals surface area contributed by atoms with Crippen molar-refractivity contribution in [3.8, 4) is 0 Å². The summed E-state index contributed by atoms with van der Waals surface area (Å²) in [4.78, 5) is 15.3. The number of anilines is 1. The van der Waals surface area contributed by atoms with Gasteiger partial charge in [0.1, 0.15) is 5.82 Å². The summed E-state index contributed by atoms with van der Waals surface area (Å²) in [5.74, 6) is 2.66. The first-order valence-electron chi connectivity index (χ1n) is 7.65. The van der Waals surface area contributed by atoms with Crippen LogP contribution in [-0.4, -0.2) is 15.5 Å². The Morgan fingerprint density at radius 1 is 1.25 bits per heavy atom. The highest BCUT2D eigenvalue weighted by Crippen LogP contribution is 2.60. The summed E-state index contributed by atoms with van der Waals surface area (Å²) in [6.07, 6.45) is 9.96. The number of imidazole rings is 1. The Morgan fingerprint density at radius 2 is 1.80 bits per heavy atom. The third kappa shape index (κ3) is 1.75. The molecule has 0 aliphatic heterocycles. The van der Waals surface area contributed by atoms with Crippen molar-refractivity contribution in [3.05, 3.63) is 12.0 Å². The number of amides is 1. The third-order valence-corrected chi connectivity index (χ3v) is 5.78. The van der Waals surface area contributed by atoms with Gasteiger partial charge in [-0.2, -0.15) is 0 Å². The van der Waals surface area contributed by atoms with E-state index in [0.717, 1.165) is 24.3 Å². The minimum atomic E-state index is -0.535. The van der Waals surface area contributed by atoms with E-state index in [0.29, 0.717) is 11.2 Å². The van der Waals surface area contributed by atoms with Gasteiger partial charge < -0.3 is 16.0 Å². The third-order valence-electron chi connectivity index (χ3n) is 5.78. The van der Waals surface area contributed by atoms with Gasteiger partial charge in [0.15, 0.2) is 5.69 Å². The van der Waals surface area contributed by atoms with Crippen LogP contribution >= 0.6 is 0 Å². The van der Waals surface area contributed by atoms with Crippen LogP contribution in [0.3, 0.4) is 0 Å². The largest absolute Gasteiger partial charge is 0.383 e. The zero-order valence-electron chi connectivity index (χ0n) is 11.7. The van der Waals surface area contributed by atoms with Gasteiger partial charge >= 0.3 is 0 Å². The molecule has 0 radical (unpaired) electrons. The second-order valence-corrected chi connectivity index (χ2v) is 7.39. The number of nitrogens with two attached hydrogens (primary N) is 2. The molecule has 1 heterocycles. The summed E-state index contributed by atoms with van der Waals surface area (Å²) in [6.45, 7) is 0.905. The highest BCUT2D eigenvalue weighted by molar-refractivity contribution is 5.95. The van der Waals surface area contributed by atoms with Gasteiger partial charge in [0.25, 0.3) is 5.91 Å². The van der Waals surface area contributed by atoms with Crippen LogP contribution < -0.4 is 11.5 Å². The number of hydrogen-bond donors (Lipinski definition) is 2. The zero-order valence-corrected chi connectivity index (χ0v) is 11.7. The molecule has 4 N–H and O–H groups in total. The molecule has 4 saturated carbocycles. The molecule has 0 atom stereocenters. The van der Waals surface area contributed by atoms with Gasteiger partial charge in [-0.1, -0.05) is 0 Å². The lowest BCUT2D eigenvalue weighted by Gasteiger charge is -2.57. The Kier molecular flexibility index (Phi) is 2.44. The molecule has 0 spiro atoms. The first kappa shape index (κ1) is 12.2. The average molecular weight is 274 g/mol. The molecule has 4 bridgehead atoms. The van der Waals surface area contributed by atoms with E-state index < -0.39 is 5.91 Å². The monoisotopic (exact) mass is 274 g/mol. The van der Waals surface area contributed by atoms with Gasteiger partial charge in [0.05, 0.1) is 6.33 Å². The molecule has 4 fully saturated rings. The Labute approximate surface area is 118 Å². The summed E-state index contributed by atoms with van der Waals surface area (Å²) < 4.78 is 1.95. The lowest BCUT2D eigenvalue weighted by Crippen LogP contribution is -2.47. The number of carbonyl (C=O) groups is 1. The van der Waals surface area contributed by atoms with Crippen LogP contribution in [0.5, 0.6) is 0 Å². The molecule has 5 rings (SSSR count). The standard InChI is InChI=1S/C15H22N4O/c16-13-12(14(17)20)18-8-19(13)7-15-4-9-1-10(5-15)3-11(2-9)6-15/h8-11H,1-7,16H2,(H2,17,20). The molecule has 4 aliphatic rings. The second-order valence-electron chi connectivity index (χ2n) is 7.39. The van der Waals surface area contributed by atoms with E-state index in [4.69, 9.17) is 11.5 Å². The van der Waals surface area contributed by atoms with E-state index >= 15 is 0 Å². The maximum absolute atomic E-state index is 11.3. The van der Waals surface area contributed by atoms with E-state index in [1.165, 1.54) is 38.5 Å². The van der Waals surface area contributed by atoms with E-state index in [1.54, 1.807) is 6.33 Å². The minimum absolute atomic E-state index is 0.217. The van der Waals surface area contributed by atoms with Crippen molar-refractivity contribution < 1.29 is 4.79 Å². The molecule has 0 aromatic carbocycles. The summed E-state index contributed by atoms with van der Waals surface area (Å²) in [6, 6.07) is 0. The number of nitrogen functional groups attached to an aromatic ring is 1. The van der Waals surface area contributed by atoms with Gasteiger partial charge in [-0.25, -0.2) is 4.98 Å². The van der Waals surface area contributed by atoms with E-state index in [9.17, 15) is 4.79 Å². The Hall–Kier alpha value is -1.52. The first-order chi connectivity index (χ1) is 9.55. The zero-order chi connectivity index (χ0) is 13.9. The molecular weight excluding hydrogens is 252 g/mol. The smallest absolute Gasteiger partial charge is 0.271 e. The fourth-order valence-electron chi connectivity index (χ4n) is 5.55. The van der Waals surface area contributed by atoms with Crippen molar-refractivity contribution in [2.24, 2.45) is 28.9 Å². The van der Waals surface area contributed by atoms with Crippen LogP contribution in [0.15, 0.2) is 6.33 Å². The van der Waals surface area contributed by atoms with Gasteiger partial charge in [-0.15, -0.1) is 0 Å². The molecule has 1 aromatic heterocycles. The molecule has 4 aliphatic carbocycles. The van der Waals surface area contributed by atoms with E-state index in [1.807, 2.05) is 4.57 Å². The molecule has 108 valence electrons. The van der Waals surface area contributed by atoms with Crippen molar-refractivity contribution in [2.45, 2.75) is 45.1 Å². The topological polar surface area (TPSA) is 86.9 Å². The molecule has 5 nitrogen and oxygen atoms in total. The van der Waals surface area contributed by atoms with Gasteiger partial charge in [0.2, 0.25) is 0 Å². The van der Waals surface area contributed by atoms with Crippen LogP contribution in [-0.2, 0) is 6.54 Å². The molecule has 0 unspecified atom stereocenters. The first-order valence-corrected chi connectivity index (χ1v) is 7.65. The predicted octanol–water partition coefficient (Wildman–Crippen LogP) is 1.78. The van der Waals surface area contributed by atoms with Crippen molar-refractivity contribution >= 4 is 11.7 Å². The fraction of sp³-hybridized carbons (Fsp3) is 0.733. The highest BCUT2D eigenvalue weighted by atomic mass is 16.1. The number of aromatic nitrogens is 2. The molecule has 1 aromatic rings. The molecule has 1 amide bonds. The number of primary amides is 1. The van der Waals surface area contributed by atoms with Crippen molar-refractivity contribution in [3.63, 3.8) is 0 Å². The quantitative estimate of drug-likeness (QED) is 0.880. The van der Waals surface area contributed by atoms with E-state index in [2.05, 4.69) is 4.98 Å². The van der Waals surface area contributed by atoms with Crippen LogP contribution in [0.25, 0.3) is 0 Å². The summed E-state index contributed by atoms with van der Waals surface area (Å²) >= 11 is 0. The lowest BCUT2D eigenvalue weighted by molar-refractivity contribution is -0.0616. The van der Waals surface area contributed by atoms with Gasteiger partial charge in [-0.05, 0) is 61.7 Å². The molecule has 0 saturated heterocycles. The van der Waals surface area contributed by atoms with Gasteiger partial charge in [-0.3, -0.25) is 4.79 Å². The minimum Gasteiger partial charge on any atom is -0.383 e. The van der Waals surface area contributed by atoms with Crippen molar-refractivity contribution in [2.75, 3.05) is 5.73 Å². The second kappa shape index (κ2) is 3.99. The number of rotatable bonds is 3. The Balaban J connectivity index is 1.61. The summed E-state index contributed by atoms with van der Waals surface area (Å²) in [5.41, 5.74) is 11.9. The maximum atomic E-state index is 11.3. The Morgan fingerprint density at radius 3 is 2.25 bits per heavy atom. The number of nitrogens with zero attached hydrogens (tertiary/aromatic N) is 2. The summed E-state index contributed by atoms with van der Waals surface area (Å²) in [5, 5.41) is 0.